The Kier molecular flexibility index (Phi) is 2.77. The molecule has 0 aliphatic rings. The molecule has 4 heteroatoms. The average molecular weight is 221 g/mol. The van der Waals surface area contributed by atoms with E-state index in [-0.39, 0.29) is 5.82 Å². The highest BCUT2D eigenvalue weighted by atomic mass is 32.2. The summed E-state index contributed by atoms with van der Waals surface area (Å²) in [6, 6.07) is 6.37. The van der Waals surface area contributed by atoms with E-state index >= 15 is 0 Å². The second-order valence-corrected chi connectivity index (χ2v) is 3.79. The first-order valence-corrected chi connectivity index (χ1v) is 5.40. The standard InChI is InChI=1S/C11H10FN2S/c1-14-10(7-13-11(14)15-2)8-3-5-9(12)6-4-8/h3-7H,2H2,1H3. The van der Waals surface area contributed by atoms with Crippen molar-refractivity contribution >= 4 is 11.8 Å². The lowest BCUT2D eigenvalue weighted by Gasteiger charge is -2.03. The molecule has 77 valence electrons. The van der Waals surface area contributed by atoms with E-state index in [2.05, 4.69) is 11.2 Å². The molecule has 0 spiro atoms. The zero-order valence-electron chi connectivity index (χ0n) is 8.27. The zero-order valence-corrected chi connectivity index (χ0v) is 9.09. The molecule has 0 saturated heterocycles. The van der Waals surface area contributed by atoms with Gasteiger partial charge >= 0.3 is 0 Å². The minimum absolute atomic E-state index is 0.229. The zero-order chi connectivity index (χ0) is 10.8. The third-order valence-corrected chi connectivity index (χ3v) is 2.85. The van der Waals surface area contributed by atoms with Crippen molar-refractivity contribution in [3.05, 3.63) is 42.5 Å². The van der Waals surface area contributed by atoms with E-state index in [1.54, 1.807) is 18.3 Å². The van der Waals surface area contributed by atoms with Crippen LogP contribution in [0.4, 0.5) is 4.39 Å². The Morgan fingerprint density at radius 2 is 2.00 bits per heavy atom. The van der Waals surface area contributed by atoms with E-state index < -0.39 is 0 Å². The summed E-state index contributed by atoms with van der Waals surface area (Å²) in [5.74, 6) is -0.229. The monoisotopic (exact) mass is 221 g/mol. The largest absolute Gasteiger partial charge is 0.322 e. The number of halogens is 1. The van der Waals surface area contributed by atoms with Crippen molar-refractivity contribution in [2.24, 2.45) is 7.05 Å². The van der Waals surface area contributed by atoms with Crippen LogP contribution < -0.4 is 0 Å². The van der Waals surface area contributed by atoms with Crippen LogP contribution in [0.1, 0.15) is 0 Å². The minimum atomic E-state index is -0.229. The fourth-order valence-corrected chi connectivity index (χ4v) is 1.83. The Hall–Kier alpha value is -1.29. The van der Waals surface area contributed by atoms with E-state index in [1.165, 1.54) is 23.9 Å². The van der Waals surface area contributed by atoms with Crippen LogP contribution in [-0.4, -0.2) is 9.55 Å². The molecule has 0 bridgehead atoms. The molecule has 2 rings (SSSR count). The number of hydrogen-bond acceptors (Lipinski definition) is 2. The molecule has 1 heterocycles. The van der Waals surface area contributed by atoms with Gasteiger partial charge in [0.05, 0.1) is 11.9 Å². The smallest absolute Gasteiger partial charge is 0.168 e. The van der Waals surface area contributed by atoms with Crippen molar-refractivity contribution in [1.82, 2.24) is 9.55 Å². The van der Waals surface area contributed by atoms with Gasteiger partial charge in [0.15, 0.2) is 5.16 Å². The van der Waals surface area contributed by atoms with Crippen molar-refractivity contribution < 1.29 is 4.39 Å². The number of thioether (sulfide) groups is 1. The maximum atomic E-state index is 12.7. The van der Waals surface area contributed by atoms with Gasteiger partial charge in [-0.25, -0.2) is 9.37 Å². The molecule has 0 saturated carbocycles. The summed E-state index contributed by atoms with van der Waals surface area (Å²) in [6.45, 7) is 0. The number of nitrogens with zero attached hydrogens (tertiary/aromatic N) is 2. The van der Waals surface area contributed by atoms with Crippen LogP contribution in [0.15, 0.2) is 35.6 Å². The summed E-state index contributed by atoms with van der Waals surface area (Å²) < 4.78 is 14.7. The first kappa shape index (κ1) is 10.2. The van der Waals surface area contributed by atoms with Crippen LogP contribution in [-0.2, 0) is 7.05 Å². The number of hydrogen-bond donors (Lipinski definition) is 0. The van der Waals surface area contributed by atoms with Crippen molar-refractivity contribution in [1.29, 1.82) is 0 Å². The summed E-state index contributed by atoms with van der Waals surface area (Å²) in [4.78, 5) is 4.20. The number of rotatable bonds is 2. The molecule has 0 fully saturated rings. The van der Waals surface area contributed by atoms with Crippen LogP contribution >= 0.6 is 11.8 Å². The molecule has 0 unspecified atom stereocenters. The molecule has 1 aromatic heterocycles. The Labute approximate surface area is 92.1 Å². The quantitative estimate of drug-likeness (QED) is 0.725. The van der Waals surface area contributed by atoms with Gasteiger partial charge in [0, 0.05) is 13.3 Å². The van der Waals surface area contributed by atoms with E-state index in [0.717, 1.165) is 16.4 Å². The number of imidazole rings is 1. The van der Waals surface area contributed by atoms with Gasteiger partial charge in [-0.05, 0) is 29.8 Å². The summed E-state index contributed by atoms with van der Waals surface area (Å²) in [6.07, 6.45) is 5.48. The van der Waals surface area contributed by atoms with E-state index in [9.17, 15) is 4.39 Å². The minimum Gasteiger partial charge on any atom is -0.322 e. The molecule has 1 aromatic carbocycles. The van der Waals surface area contributed by atoms with Crippen molar-refractivity contribution in [2.45, 2.75) is 5.16 Å². The SMILES string of the molecule is [CH2]Sc1ncc(-c2ccc(F)cc2)n1C. The molecule has 15 heavy (non-hydrogen) atoms. The maximum Gasteiger partial charge on any atom is 0.168 e. The highest BCUT2D eigenvalue weighted by molar-refractivity contribution is 8.00. The summed E-state index contributed by atoms with van der Waals surface area (Å²) in [5, 5.41) is 0.842. The predicted octanol–water partition coefficient (Wildman–Crippen LogP) is 3.11. The normalized spacial score (nSPS) is 10.6. The first-order chi connectivity index (χ1) is 7.22. The molecule has 0 aliphatic carbocycles. The Morgan fingerprint density at radius 3 is 2.53 bits per heavy atom. The third kappa shape index (κ3) is 1.90. The van der Waals surface area contributed by atoms with Gasteiger partial charge in [-0.3, -0.25) is 0 Å². The first-order valence-electron chi connectivity index (χ1n) is 4.42. The second-order valence-electron chi connectivity index (χ2n) is 3.14. The van der Waals surface area contributed by atoms with Gasteiger partial charge < -0.3 is 4.57 Å². The van der Waals surface area contributed by atoms with Gasteiger partial charge in [-0.15, -0.1) is 0 Å². The molecule has 0 N–H and O–H groups in total. The summed E-state index contributed by atoms with van der Waals surface area (Å²) in [5.41, 5.74) is 1.91. The van der Waals surface area contributed by atoms with E-state index in [4.69, 9.17) is 0 Å². The topological polar surface area (TPSA) is 17.8 Å². The maximum absolute atomic E-state index is 12.7. The fraction of sp³-hybridized carbons (Fsp3) is 0.0909. The van der Waals surface area contributed by atoms with Crippen molar-refractivity contribution in [3.63, 3.8) is 0 Å². The highest BCUT2D eigenvalue weighted by Crippen LogP contribution is 2.23. The van der Waals surface area contributed by atoms with Gasteiger partial charge in [-0.2, -0.15) is 0 Å². The van der Waals surface area contributed by atoms with Gasteiger partial charge in [0.1, 0.15) is 5.82 Å². The Morgan fingerprint density at radius 1 is 1.33 bits per heavy atom. The Bertz CT molecular complexity index is 462. The molecular formula is C11H10FN2S. The molecule has 2 aromatic rings. The van der Waals surface area contributed by atoms with Crippen LogP contribution in [0.3, 0.4) is 0 Å². The molecular weight excluding hydrogens is 211 g/mol. The molecule has 2 nitrogen and oxygen atoms in total. The summed E-state index contributed by atoms with van der Waals surface area (Å²) >= 11 is 1.34. The lowest BCUT2D eigenvalue weighted by atomic mass is 10.2. The summed E-state index contributed by atoms with van der Waals surface area (Å²) in [7, 11) is 1.92. The number of aromatic nitrogens is 2. The van der Waals surface area contributed by atoms with Crippen molar-refractivity contribution in [2.75, 3.05) is 0 Å². The van der Waals surface area contributed by atoms with Crippen LogP contribution in [0.5, 0.6) is 0 Å². The van der Waals surface area contributed by atoms with Crippen LogP contribution in [0, 0.1) is 12.1 Å². The highest BCUT2D eigenvalue weighted by Gasteiger charge is 2.07. The molecule has 0 amide bonds. The third-order valence-electron chi connectivity index (χ3n) is 2.21. The lowest BCUT2D eigenvalue weighted by molar-refractivity contribution is 0.628. The van der Waals surface area contributed by atoms with Crippen LogP contribution in [0.2, 0.25) is 0 Å². The lowest BCUT2D eigenvalue weighted by Crippen LogP contribution is -1.93. The predicted molar refractivity (Wildman–Crippen MR) is 59.8 cm³/mol. The van der Waals surface area contributed by atoms with E-state index in [1.807, 2.05) is 11.6 Å². The fourth-order valence-electron chi connectivity index (χ4n) is 1.42. The molecule has 0 aliphatic heterocycles. The second kappa shape index (κ2) is 4.06. The molecule has 0 atom stereocenters. The number of benzene rings is 1. The van der Waals surface area contributed by atoms with Gasteiger partial charge in [-0.1, -0.05) is 11.8 Å². The average Bonchev–Trinajstić information content (AvgIpc) is 2.61. The van der Waals surface area contributed by atoms with Gasteiger partial charge in [0.25, 0.3) is 0 Å². The molecule has 1 radical (unpaired) electrons. The van der Waals surface area contributed by atoms with Crippen molar-refractivity contribution in [3.8, 4) is 11.3 Å². The van der Waals surface area contributed by atoms with Gasteiger partial charge in [0.2, 0.25) is 0 Å². The van der Waals surface area contributed by atoms with E-state index in [0.29, 0.717) is 0 Å². The Balaban J connectivity index is 2.45. The van der Waals surface area contributed by atoms with Crippen LogP contribution in [0.25, 0.3) is 11.3 Å².